The van der Waals surface area contributed by atoms with E-state index in [1.807, 2.05) is 22.4 Å². The molecule has 1 aliphatic rings. The SMILES string of the molecule is O=C(c1cnc(-c2cccs2)s1)N1CCNCC1. The van der Waals surface area contributed by atoms with Crippen LogP contribution >= 0.6 is 22.7 Å². The predicted octanol–water partition coefficient (Wildman–Crippen LogP) is 1.92. The summed E-state index contributed by atoms with van der Waals surface area (Å²) >= 11 is 3.13. The smallest absolute Gasteiger partial charge is 0.265 e. The minimum atomic E-state index is 0.108. The lowest BCUT2D eigenvalue weighted by Crippen LogP contribution is -2.46. The fourth-order valence-electron chi connectivity index (χ4n) is 1.91. The van der Waals surface area contributed by atoms with Crippen LogP contribution in [0.2, 0.25) is 0 Å². The molecule has 3 rings (SSSR count). The van der Waals surface area contributed by atoms with Gasteiger partial charge in [-0.3, -0.25) is 4.79 Å². The van der Waals surface area contributed by atoms with E-state index in [0.29, 0.717) is 0 Å². The van der Waals surface area contributed by atoms with Crippen molar-refractivity contribution in [3.8, 4) is 9.88 Å². The number of nitrogens with zero attached hydrogens (tertiary/aromatic N) is 2. The Labute approximate surface area is 113 Å². The topological polar surface area (TPSA) is 45.2 Å². The summed E-state index contributed by atoms with van der Waals surface area (Å²) < 4.78 is 0. The van der Waals surface area contributed by atoms with Gasteiger partial charge in [0.15, 0.2) is 0 Å². The number of thiophene rings is 1. The molecule has 18 heavy (non-hydrogen) atoms. The molecule has 1 N–H and O–H groups in total. The van der Waals surface area contributed by atoms with Gasteiger partial charge in [0.05, 0.1) is 11.1 Å². The summed E-state index contributed by atoms with van der Waals surface area (Å²) in [7, 11) is 0. The number of aromatic nitrogens is 1. The third kappa shape index (κ3) is 2.31. The molecule has 0 aliphatic carbocycles. The highest BCUT2D eigenvalue weighted by molar-refractivity contribution is 7.21. The molecule has 1 fully saturated rings. The van der Waals surface area contributed by atoms with Crippen molar-refractivity contribution in [2.75, 3.05) is 26.2 Å². The Hall–Kier alpha value is -1.24. The number of amides is 1. The summed E-state index contributed by atoms with van der Waals surface area (Å²) in [5, 5.41) is 6.20. The molecule has 1 saturated heterocycles. The van der Waals surface area contributed by atoms with Gasteiger partial charge in [-0.25, -0.2) is 4.98 Å². The van der Waals surface area contributed by atoms with Crippen LogP contribution in [-0.4, -0.2) is 42.0 Å². The molecule has 3 heterocycles. The molecule has 0 radical (unpaired) electrons. The number of hydrogen-bond acceptors (Lipinski definition) is 5. The van der Waals surface area contributed by atoms with Crippen LogP contribution < -0.4 is 5.32 Å². The molecule has 94 valence electrons. The molecule has 0 bridgehead atoms. The maximum absolute atomic E-state index is 12.3. The van der Waals surface area contributed by atoms with Crippen molar-refractivity contribution in [3.63, 3.8) is 0 Å². The van der Waals surface area contributed by atoms with E-state index in [1.54, 1.807) is 17.5 Å². The van der Waals surface area contributed by atoms with Crippen LogP contribution in [0.3, 0.4) is 0 Å². The average Bonchev–Trinajstić information content (AvgIpc) is 3.09. The number of hydrogen-bond donors (Lipinski definition) is 1. The molecule has 2 aromatic rings. The lowest BCUT2D eigenvalue weighted by molar-refractivity contribution is 0.0740. The van der Waals surface area contributed by atoms with E-state index in [1.165, 1.54) is 11.3 Å². The van der Waals surface area contributed by atoms with Gasteiger partial charge in [0.1, 0.15) is 9.88 Å². The Morgan fingerprint density at radius 2 is 2.22 bits per heavy atom. The second-order valence-corrected chi connectivity index (χ2v) is 6.03. The van der Waals surface area contributed by atoms with Gasteiger partial charge < -0.3 is 10.2 Å². The monoisotopic (exact) mass is 279 g/mol. The summed E-state index contributed by atoms with van der Waals surface area (Å²) in [5.41, 5.74) is 0. The third-order valence-electron chi connectivity index (χ3n) is 2.85. The Balaban J connectivity index is 1.78. The maximum atomic E-state index is 12.3. The first-order chi connectivity index (χ1) is 8.84. The summed E-state index contributed by atoms with van der Waals surface area (Å²) in [6.45, 7) is 3.32. The van der Waals surface area contributed by atoms with Gasteiger partial charge in [0.2, 0.25) is 0 Å². The lowest BCUT2D eigenvalue weighted by Gasteiger charge is -2.26. The zero-order chi connectivity index (χ0) is 12.4. The van der Waals surface area contributed by atoms with Gasteiger partial charge in [-0.2, -0.15) is 0 Å². The minimum Gasteiger partial charge on any atom is -0.335 e. The van der Waals surface area contributed by atoms with Crippen molar-refractivity contribution >= 4 is 28.6 Å². The van der Waals surface area contributed by atoms with E-state index in [4.69, 9.17) is 0 Å². The molecule has 0 atom stereocenters. The number of carbonyl (C=O) groups is 1. The Kier molecular flexibility index (Phi) is 3.40. The molecule has 0 unspecified atom stereocenters. The molecule has 2 aromatic heterocycles. The van der Waals surface area contributed by atoms with Gasteiger partial charge in [0.25, 0.3) is 5.91 Å². The van der Waals surface area contributed by atoms with Crippen LogP contribution in [0.15, 0.2) is 23.7 Å². The van der Waals surface area contributed by atoms with E-state index in [0.717, 1.165) is 40.9 Å². The number of carbonyl (C=O) groups excluding carboxylic acids is 1. The molecule has 4 nitrogen and oxygen atoms in total. The van der Waals surface area contributed by atoms with Crippen molar-refractivity contribution in [3.05, 3.63) is 28.6 Å². The zero-order valence-electron chi connectivity index (χ0n) is 9.76. The molecular formula is C12H13N3OS2. The molecule has 1 amide bonds. The largest absolute Gasteiger partial charge is 0.335 e. The third-order valence-corrected chi connectivity index (χ3v) is 4.88. The molecule has 6 heteroatoms. The average molecular weight is 279 g/mol. The fourth-order valence-corrected chi connectivity index (χ4v) is 3.60. The van der Waals surface area contributed by atoms with E-state index in [9.17, 15) is 4.79 Å². The highest BCUT2D eigenvalue weighted by Crippen LogP contribution is 2.29. The predicted molar refractivity (Wildman–Crippen MR) is 74.2 cm³/mol. The first-order valence-corrected chi connectivity index (χ1v) is 7.54. The summed E-state index contributed by atoms with van der Waals surface area (Å²) in [4.78, 5) is 20.3. The van der Waals surface area contributed by atoms with Gasteiger partial charge in [-0.1, -0.05) is 6.07 Å². The number of thiazole rings is 1. The maximum Gasteiger partial charge on any atom is 0.265 e. The molecule has 1 aliphatic heterocycles. The van der Waals surface area contributed by atoms with Crippen molar-refractivity contribution in [1.82, 2.24) is 15.2 Å². The highest BCUT2D eigenvalue weighted by Gasteiger charge is 2.20. The van der Waals surface area contributed by atoms with Crippen LogP contribution in [0, 0.1) is 0 Å². The van der Waals surface area contributed by atoms with Gasteiger partial charge in [-0.05, 0) is 11.4 Å². The molecular weight excluding hydrogens is 266 g/mol. The van der Waals surface area contributed by atoms with Crippen molar-refractivity contribution in [1.29, 1.82) is 0 Å². The fraction of sp³-hybridized carbons (Fsp3) is 0.333. The van der Waals surface area contributed by atoms with Crippen molar-refractivity contribution in [2.24, 2.45) is 0 Å². The number of piperazine rings is 1. The zero-order valence-corrected chi connectivity index (χ0v) is 11.4. The van der Waals surface area contributed by atoms with Crippen LogP contribution in [0.5, 0.6) is 0 Å². The van der Waals surface area contributed by atoms with Crippen LogP contribution in [-0.2, 0) is 0 Å². The van der Waals surface area contributed by atoms with E-state index >= 15 is 0 Å². The van der Waals surface area contributed by atoms with Crippen LogP contribution in [0.1, 0.15) is 9.67 Å². The van der Waals surface area contributed by atoms with Gasteiger partial charge in [0, 0.05) is 26.2 Å². The van der Waals surface area contributed by atoms with Gasteiger partial charge in [-0.15, -0.1) is 22.7 Å². The molecule has 0 aromatic carbocycles. The second-order valence-electron chi connectivity index (χ2n) is 4.05. The molecule has 0 spiro atoms. The van der Waals surface area contributed by atoms with Crippen molar-refractivity contribution < 1.29 is 4.79 Å². The summed E-state index contributed by atoms with van der Waals surface area (Å²) in [6.07, 6.45) is 1.70. The molecule has 0 saturated carbocycles. The number of rotatable bonds is 2. The number of nitrogens with one attached hydrogen (secondary N) is 1. The normalized spacial score (nSPS) is 15.9. The van der Waals surface area contributed by atoms with E-state index in [-0.39, 0.29) is 5.91 Å². The first kappa shape index (κ1) is 11.8. The highest BCUT2D eigenvalue weighted by atomic mass is 32.1. The Morgan fingerprint density at radius 3 is 2.94 bits per heavy atom. The second kappa shape index (κ2) is 5.17. The Morgan fingerprint density at radius 1 is 1.39 bits per heavy atom. The van der Waals surface area contributed by atoms with E-state index < -0.39 is 0 Å². The van der Waals surface area contributed by atoms with Gasteiger partial charge >= 0.3 is 0 Å². The quantitative estimate of drug-likeness (QED) is 0.913. The standard InChI is InChI=1S/C12H13N3OS2/c16-12(15-5-3-13-4-6-15)10-8-14-11(18-10)9-2-1-7-17-9/h1-2,7-8,13H,3-6H2. The van der Waals surface area contributed by atoms with Crippen LogP contribution in [0.4, 0.5) is 0 Å². The Bertz CT molecular complexity index is 529. The lowest BCUT2D eigenvalue weighted by atomic mass is 10.3. The summed E-state index contributed by atoms with van der Waals surface area (Å²) in [5.74, 6) is 0.108. The minimum absolute atomic E-state index is 0.108. The van der Waals surface area contributed by atoms with Crippen molar-refractivity contribution in [2.45, 2.75) is 0 Å². The van der Waals surface area contributed by atoms with E-state index in [2.05, 4.69) is 10.3 Å². The van der Waals surface area contributed by atoms with Crippen LogP contribution in [0.25, 0.3) is 9.88 Å². The first-order valence-electron chi connectivity index (χ1n) is 5.84. The summed E-state index contributed by atoms with van der Waals surface area (Å²) in [6, 6.07) is 4.03.